The van der Waals surface area contributed by atoms with E-state index in [0.29, 0.717) is 36.4 Å². The molecule has 4 bridgehead atoms. The van der Waals surface area contributed by atoms with Crippen LogP contribution in [0.25, 0.3) is 0 Å². The molecule has 1 atom stereocenters. The molecule has 4 aliphatic carbocycles. The molecule has 5 aliphatic rings. The zero-order valence-corrected chi connectivity index (χ0v) is 18.3. The number of nitrogens with one attached hydrogen (secondary N) is 1. The van der Waals surface area contributed by atoms with Gasteiger partial charge in [0.05, 0.1) is 5.41 Å². The van der Waals surface area contributed by atoms with Crippen LogP contribution >= 0.6 is 0 Å². The highest BCUT2D eigenvalue weighted by atomic mass is 16.5. The lowest BCUT2D eigenvalue weighted by atomic mass is 9.49. The number of aryl methyl sites for hydroxylation is 1. The second-order valence-electron chi connectivity index (χ2n) is 10.4. The minimum Gasteiger partial charge on any atom is -0.454 e. The summed E-state index contributed by atoms with van der Waals surface area (Å²) in [6.45, 7) is 2.24. The Labute approximate surface area is 183 Å². The van der Waals surface area contributed by atoms with Crippen LogP contribution in [0.1, 0.15) is 56.9 Å². The van der Waals surface area contributed by atoms with Crippen molar-refractivity contribution in [1.29, 1.82) is 0 Å². The fourth-order valence-corrected chi connectivity index (χ4v) is 7.08. The lowest BCUT2D eigenvalue weighted by Gasteiger charge is -2.56. The van der Waals surface area contributed by atoms with Gasteiger partial charge in [-0.25, -0.2) is 4.79 Å². The number of esters is 1. The lowest BCUT2D eigenvalue weighted by Crippen LogP contribution is -2.56. The van der Waals surface area contributed by atoms with E-state index in [1.54, 1.807) is 11.0 Å². The van der Waals surface area contributed by atoms with Crippen molar-refractivity contribution in [2.24, 2.45) is 23.2 Å². The van der Waals surface area contributed by atoms with Crippen LogP contribution in [0.3, 0.4) is 0 Å². The summed E-state index contributed by atoms with van der Waals surface area (Å²) < 4.78 is 5.34. The number of ether oxygens (including phenoxy) is 1. The molecule has 6 nitrogen and oxygen atoms in total. The van der Waals surface area contributed by atoms with Crippen LogP contribution in [-0.2, 0) is 19.1 Å². The molecule has 0 unspecified atom stereocenters. The van der Waals surface area contributed by atoms with Crippen molar-refractivity contribution in [2.45, 2.75) is 64.3 Å². The van der Waals surface area contributed by atoms with Crippen molar-refractivity contribution < 1.29 is 19.1 Å². The summed E-state index contributed by atoms with van der Waals surface area (Å²) in [4.78, 5) is 40.5. The molecule has 0 spiro atoms. The summed E-state index contributed by atoms with van der Waals surface area (Å²) >= 11 is 0. The number of hydrogen-bond donors (Lipinski definition) is 1. The third kappa shape index (κ3) is 3.97. The Balaban J connectivity index is 1.19. The Bertz CT molecular complexity index is 860. The molecule has 0 aromatic heterocycles. The second-order valence-corrected chi connectivity index (χ2v) is 10.4. The van der Waals surface area contributed by atoms with Crippen molar-refractivity contribution >= 4 is 23.5 Å². The van der Waals surface area contributed by atoms with E-state index >= 15 is 0 Å². The number of rotatable bonds is 5. The molecule has 1 heterocycles. The van der Waals surface area contributed by atoms with Crippen LogP contribution < -0.4 is 5.32 Å². The molecule has 6 heteroatoms. The molecular weight excluding hydrogens is 392 g/mol. The summed E-state index contributed by atoms with van der Waals surface area (Å²) in [6, 6.07) is 6.93. The Morgan fingerprint density at radius 3 is 2.42 bits per heavy atom. The predicted octanol–water partition coefficient (Wildman–Crippen LogP) is 3.68. The molecule has 166 valence electrons. The average Bonchev–Trinajstić information content (AvgIpc) is 3.20. The van der Waals surface area contributed by atoms with Crippen molar-refractivity contribution in [3.05, 3.63) is 29.8 Å². The van der Waals surface area contributed by atoms with Crippen molar-refractivity contribution in [2.75, 3.05) is 18.5 Å². The minimum absolute atomic E-state index is 0.176. The third-order valence-corrected chi connectivity index (χ3v) is 7.93. The van der Waals surface area contributed by atoms with Gasteiger partial charge in [0, 0.05) is 12.2 Å². The molecule has 6 rings (SSSR count). The van der Waals surface area contributed by atoms with E-state index in [1.807, 2.05) is 25.1 Å². The van der Waals surface area contributed by atoms with Gasteiger partial charge in [-0.15, -0.1) is 0 Å². The Morgan fingerprint density at radius 2 is 1.77 bits per heavy atom. The Hall–Kier alpha value is -2.37. The summed E-state index contributed by atoms with van der Waals surface area (Å²) in [7, 11) is 0. The monoisotopic (exact) mass is 424 g/mol. The maximum absolute atomic E-state index is 13.7. The summed E-state index contributed by atoms with van der Waals surface area (Å²) in [5.41, 5.74) is 1.47. The van der Waals surface area contributed by atoms with Crippen molar-refractivity contribution in [3.63, 3.8) is 0 Å². The van der Waals surface area contributed by atoms with Crippen LogP contribution in [0, 0.1) is 30.1 Å². The van der Waals surface area contributed by atoms with E-state index < -0.39 is 12.0 Å². The number of carbonyl (C=O) groups is 3. The van der Waals surface area contributed by atoms with Crippen LogP contribution in [0.15, 0.2) is 24.3 Å². The van der Waals surface area contributed by atoms with E-state index in [9.17, 15) is 14.4 Å². The molecule has 31 heavy (non-hydrogen) atoms. The first kappa shape index (κ1) is 20.5. The standard InChI is InChI=1S/C25H32N2O4/c1-16-4-2-5-20(8-16)26-22(28)15-31-23(29)21-6-3-7-27(21)24(30)25-12-17-9-18(13-25)11-19(10-17)14-25/h2,4-5,8,17-19,21H,3,6-7,9-15H2,1H3,(H,26,28)/t17?,18?,19?,21-,25?/m1/s1. The summed E-state index contributed by atoms with van der Waals surface area (Å²) in [5, 5.41) is 2.75. The molecule has 0 radical (unpaired) electrons. The molecule has 1 aromatic rings. The van der Waals surface area contributed by atoms with Crippen molar-refractivity contribution in [3.8, 4) is 0 Å². The quantitative estimate of drug-likeness (QED) is 0.732. The normalized spacial score (nSPS) is 33.4. The van der Waals surface area contributed by atoms with E-state index in [0.717, 1.165) is 31.2 Å². The number of carbonyl (C=O) groups excluding carboxylic acids is 3. The Morgan fingerprint density at radius 1 is 1.10 bits per heavy atom. The van der Waals surface area contributed by atoms with Gasteiger partial charge >= 0.3 is 5.97 Å². The van der Waals surface area contributed by atoms with Crippen LogP contribution in [0.4, 0.5) is 5.69 Å². The molecule has 1 aliphatic heterocycles. The molecule has 5 fully saturated rings. The van der Waals surface area contributed by atoms with Gasteiger partial charge in [-0.1, -0.05) is 12.1 Å². The Kier molecular flexibility index (Phi) is 5.27. The lowest BCUT2D eigenvalue weighted by molar-refractivity contribution is -0.165. The van der Waals surface area contributed by atoms with Gasteiger partial charge in [-0.3, -0.25) is 9.59 Å². The molecule has 1 aromatic carbocycles. The van der Waals surface area contributed by atoms with Crippen LogP contribution in [0.5, 0.6) is 0 Å². The fraction of sp³-hybridized carbons (Fsp3) is 0.640. The fourth-order valence-electron chi connectivity index (χ4n) is 7.08. The van der Waals surface area contributed by atoms with E-state index in [4.69, 9.17) is 4.74 Å². The smallest absolute Gasteiger partial charge is 0.329 e. The van der Waals surface area contributed by atoms with E-state index in [-0.39, 0.29) is 23.8 Å². The summed E-state index contributed by atoms with van der Waals surface area (Å²) in [5.74, 6) is 1.43. The molecule has 1 N–H and O–H groups in total. The highest BCUT2D eigenvalue weighted by molar-refractivity contribution is 5.94. The number of likely N-dealkylation sites (tertiary alicyclic amines) is 1. The van der Waals surface area contributed by atoms with Gasteiger partial charge in [-0.2, -0.15) is 0 Å². The number of benzene rings is 1. The van der Waals surface area contributed by atoms with Gasteiger partial charge < -0.3 is 15.0 Å². The van der Waals surface area contributed by atoms with Gasteiger partial charge in [0.1, 0.15) is 6.04 Å². The minimum atomic E-state index is -0.549. The zero-order chi connectivity index (χ0) is 21.6. The first-order valence-corrected chi connectivity index (χ1v) is 11.8. The molecule has 4 saturated carbocycles. The number of nitrogens with zero attached hydrogens (tertiary/aromatic N) is 1. The zero-order valence-electron chi connectivity index (χ0n) is 18.3. The van der Waals surface area contributed by atoms with Gasteiger partial charge in [0.25, 0.3) is 5.91 Å². The molecule has 1 saturated heterocycles. The van der Waals surface area contributed by atoms with Crippen LogP contribution in [0.2, 0.25) is 0 Å². The van der Waals surface area contributed by atoms with Gasteiger partial charge in [-0.05, 0) is 93.7 Å². The highest BCUT2D eigenvalue weighted by Gasteiger charge is 2.57. The van der Waals surface area contributed by atoms with Gasteiger partial charge in [0.2, 0.25) is 5.91 Å². The first-order valence-electron chi connectivity index (χ1n) is 11.8. The SMILES string of the molecule is Cc1cccc(NC(=O)COC(=O)[C@H]2CCCN2C(=O)C23CC4CC(CC(C4)C2)C3)c1. The predicted molar refractivity (Wildman–Crippen MR) is 116 cm³/mol. The number of amides is 2. The number of hydrogen-bond acceptors (Lipinski definition) is 4. The van der Waals surface area contributed by atoms with E-state index in [1.165, 1.54) is 19.3 Å². The number of anilines is 1. The van der Waals surface area contributed by atoms with Crippen molar-refractivity contribution in [1.82, 2.24) is 4.90 Å². The highest BCUT2D eigenvalue weighted by Crippen LogP contribution is 2.60. The topological polar surface area (TPSA) is 75.7 Å². The second kappa shape index (κ2) is 7.95. The maximum Gasteiger partial charge on any atom is 0.329 e. The first-order chi connectivity index (χ1) is 14.9. The molecule has 2 amide bonds. The third-order valence-electron chi connectivity index (χ3n) is 7.93. The molecular formula is C25H32N2O4. The van der Waals surface area contributed by atoms with Crippen LogP contribution in [-0.4, -0.2) is 41.9 Å². The summed E-state index contributed by atoms with van der Waals surface area (Å²) in [6.07, 6.45) is 8.28. The average molecular weight is 425 g/mol. The van der Waals surface area contributed by atoms with E-state index in [2.05, 4.69) is 5.32 Å². The maximum atomic E-state index is 13.7. The largest absolute Gasteiger partial charge is 0.454 e. The van der Waals surface area contributed by atoms with Gasteiger partial charge in [0.15, 0.2) is 6.61 Å².